The summed E-state index contributed by atoms with van der Waals surface area (Å²) in [6, 6.07) is 0. The van der Waals surface area contributed by atoms with Gasteiger partial charge < -0.3 is 0 Å². The number of hydrogen-bond donors (Lipinski definition) is 0. The van der Waals surface area contributed by atoms with Gasteiger partial charge in [0, 0.05) is 17.3 Å². The van der Waals surface area contributed by atoms with E-state index in [-0.39, 0.29) is 0 Å². The molecule has 0 saturated heterocycles. The third kappa shape index (κ3) is 2.63. The van der Waals surface area contributed by atoms with E-state index in [1.807, 2.05) is 0 Å². The molecule has 2 fully saturated rings. The van der Waals surface area contributed by atoms with Crippen molar-refractivity contribution in [1.82, 2.24) is 0 Å². The normalized spacial score (nSPS) is 38.1. The minimum absolute atomic E-state index is 0.360. The van der Waals surface area contributed by atoms with Gasteiger partial charge in [0.15, 0.2) is 0 Å². The second kappa shape index (κ2) is 4.60. The first-order valence-corrected chi connectivity index (χ1v) is 9.37. The molecule has 16 heavy (non-hydrogen) atoms. The predicted octanol–water partition coefficient (Wildman–Crippen LogP) is 3.01. The molecule has 2 aliphatic rings. The highest BCUT2D eigenvalue weighted by Gasteiger charge is 2.49. The van der Waals surface area contributed by atoms with Gasteiger partial charge in [-0.15, -0.1) is 0 Å². The molecule has 2 saturated carbocycles. The van der Waals surface area contributed by atoms with Gasteiger partial charge in [0.1, 0.15) is 9.84 Å². The summed E-state index contributed by atoms with van der Waals surface area (Å²) in [5.41, 5.74) is 0.424. The Morgan fingerprint density at radius 3 is 2.56 bits per heavy atom. The smallest absolute Gasteiger partial charge is 0.147 e. The van der Waals surface area contributed by atoms with Crippen molar-refractivity contribution < 1.29 is 8.42 Å². The Balaban J connectivity index is 1.91. The number of alkyl halides is 1. The Morgan fingerprint density at radius 2 is 2.12 bits per heavy atom. The Kier molecular flexibility index (Phi) is 3.70. The van der Waals surface area contributed by atoms with Crippen molar-refractivity contribution in [3.05, 3.63) is 0 Å². The maximum Gasteiger partial charge on any atom is 0.147 e. The summed E-state index contributed by atoms with van der Waals surface area (Å²) in [7, 11) is -2.78. The summed E-state index contributed by atoms with van der Waals surface area (Å²) < 4.78 is 22.3. The molecule has 2 rings (SSSR count). The van der Waals surface area contributed by atoms with Crippen molar-refractivity contribution in [2.75, 3.05) is 17.3 Å². The monoisotopic (exact) mass is 308 g/mol. The van der Waals surface area contributed by atoms with Crippen molar-refractivity contribution in [2.45, 2.75) is 38.5 Å². The molecule has 0 aliphatic heterocycles. The van der Waals surface area contributed by atoms with Crippen LogP contribution in [-0.2, 0) is 9.84 Å². The molecule has 0 heterocycles. The highest BCUT2D eigenvalue weighted by Crippen LogP contribution is 2.58. The van der Waals surface area contributed by atoms with Gasteiger partial charge >= 0.3 is 0 Å². The molecular formula is C12H21BrO2S. The van der Waals surface area contributed by atoms with Crippen molar-refractivity contribution in [1.29, 1.82) is 0 Å². The fourth-order valence-corrected chi connectivity index (χ4v) is 5.42. The number of rotatable bonds is 5. The summed E-state index contributed by atoms with van der Waals surface area (Å²) in [5, 5.41) is 1.06. The number of fused-ring (bicyclic) bond motifs is 2. The zero-order valence-electron chi connectivity index (χ0n) is 9.91. The predicted molar refractivity (Wildman–Crippen MR) is 70.6 cm³/mol. The second-order valence-electron chi connectivity index (χ2n) is 5.81. The van der Waals surface area contributed by atoms with Crippen LogP contribution < -0.4 is 0 Å². The van der Waals surface area contributed by atoms with Crippen LogP contribution in [0.1, 0.15) is 38.5 Å². The number of hydrogen-bond acceptors (Lipinski definition) is 2. The summed E-state index contributed by atoms with van der Waals surface area (Å²) in [6.07, 6.45) is 8.77. The lowest BCUT2D eigenvalue weighted by atomic mass is 9.72. The minimum Gasteiger partial charge on any atom is -0.229 e. The molecule has 0 radical (unpaired) electrons. The zero-order valence-corrected chi connectivity index (χ0v) is 12.3. The maximum atomic E-state index is 11.1. The van der Waals surface area contributed by atoms with Crippen molar-refractivity contribution >= 4 is 25.8 Å². The number of sulfone groups is 1. The van der Waals surface area contributed by atoms with Crippen molar-refractivity contribution in [2.24, 2.45) is 17.3 Å². The lowest BCUT2D eigenvalue weighted by Crippen LogP contribution is -2.30. The fraction of sp³-hybridized carbons (Fsp3) is 1.00. The zero-order chi connectivity index (χ0) is 11.8. The first kappa shape index (κ1) is 12.9. The van der Waals surface area contributed by atoms with Crippen LogP contribution in [0.15, 0.2) is 0 Å². The van der Waals surface area contributed by atoms with Crippen molar-refractivity contribution in [3.8, 4) is 0 Å². The molecule has 0 amide bonds. The standard InChI is InChI=1S/C12H21BrO2S/c1-16(14,15)6-2-5-12(9-13)8-10-3-4-11(12)7-10/h10-11H,2-9H2,1H3. The molecule has 0 aromatic heterocycles. The Labute approximate surface area is 107 Å². The van der Waals surface area contributed by atoms with Gasteiger partial charge in [-0.05, 0) is 49.4 Å². The highest BCUT2D eigenvalue weighted by molar-refractivity contribution is 9.09. The molecule has 3 atom stereocenters. The molecule has 0 N–H and O–H groups in total. The third-order valence-electron chi connectivity index (χ3n) is 4.56. The second-order valence-corrected chi connectivity index (χ2v) is 8.63. The molecule has 0 spiro atoms. The lowest BCUT2D eigenvalue weighted by molar-refractivity contribution is 0.180. The third-order valence-corrected chi connectivity index (χ3v) is 6.71. The molecule has 4 heteroatoms. The summed E-state index contributed by atoms with van der Waals surface area (Å²) in [4.78, 5) is 0. The lowest BCUT2D eigenvalue weighted by Gasteiger charge is -2.36. The average Bonchev–Trinajstić information content (AvgIpc) is 2.75. The summed E-state index contributed by atoms with van der Waals surface area (Å²) in [5.74, 6) is 2.15. The van der Waals surface area contributed by atoms with E-state index in [0.717, 1.165) is 30.0 Å². The number of halogens is 1. The van der Waals surface area contributed by atoms with E-state index in [2.05, 4.69) is 15.9 Å². The quantitative estimate of drug-likeness (QED) is 0.732. The first-order valence-electron chi connectivity index (χ1n) is 6.19. The Morgan fingerprint density at radius 1 is 1.38 bits per heavy atom. The Hall–Kier alpha value is 0.430. The van der Waals surface area contributed by atoms with Crippen LogP contribution in [0.2, 0.25) is 0 Å². The van der Waals surface area contributed by atoms with E-state index >= 15 is 0 Å². The van der Waals surface area contributed by atoms with Gasteiger partial charge in [-0.25, -0.2) is 8.42 Å². The molecule has 0 aromatic rings. The first-order chi connectivity index (χ1) is 7.45. The van der Waals surface area contributed by atoms with Crippen LogP contribution in [0.5, 0.6) is 0 Å². The topological polar surface area (TPSA) is 34.1 Å². The molecule has 2 nitrogen and oxygen atoms in total. The van der Waals surface area contributed by atoms with Crippen LogP contribution >= 0.6 is 15.9 Å². The van der Waals surface area contributed by atoms with Crippen LogP contribution in [0.3, 0.4) is 0 Å². The van der Waals surface area contributed by atoms with E-state index in [1.54, 1.807) is 0 Å². The largest absolute Gasteiger partial charge is 0.229 e. The highest BCUT2D eigenvalue weighted by atomic mass is 79.9. The van der Waals surface area contributed by atoms with Crippen molar-refractivity contribution in [3.63, 3.8) is 0 Å². The van der Waals surface area contributed by atoms with Crippen LogP contribution in [-0.4, -0.2) is 25.8 Å². The van der Waals surface area contributed by atoms with E-state index in [4.69, 9.17) is 0 Å². The Bertz CT molecular complexity index is 352. The molecule has 2 bridgehead atoms. The van der Waals surface area contributed by atoms with E-state index < -0.39 is 9.84 Å². The van der Waals surface area contributed by atoms with Crippen LogP contribution in [0, 0.1) is 17.3 Å². The summed E-state index contributed by atoms with van der Waals surface area (Å²) >= 11 is 3.67. The molecule has 2 aliphatic carbocycles. The van der Waals surface area contributed by atoms with Gasteiger partial charge in [-0.3, -0.25) is 0 Å². The molecule has 3 unspecified atom stereocenters. The van der Waals surface area contributed by atoms with Gasteiger partial charge in [0.25, 0.3) is 0 Å². The van der Waals surface area contributed by atoms with Gasteiger partial charge in [0.05, 0.1) is 0 Å². The fourth-order valence-electron chi connectivity index (χ4n) is 3.78. The van der Waals surface area contributed by atoms with E-state index in [0.29, 0.717) is 11.2 Å². The van der Waals surface area contributed by atoms with Gasteiger partial charge in [0.2, 0.25) is 0 Å². The minimum atomic E-state index is -2.78. The van der Waals surface area contributed by atoms with Gasteiger partial charge in [-0.2, -0.15) is 0 Å². The average molecular weight is 309 g/mol. The molecule has 0 aromatic carbocycles. The van der Waals surface area contributed by atoms with Crippen LogP contribution in [0.4, 0.5) is 0 Å². The maximum absolute atomic E-state index is 11.1. The van der Waals surface area contributed by atoms with Crippen LogP contribution in [0.25, 0.3) is 0 Å². The van der Waals surface area contributed by atoms with Gasteiger partial charge in [-0.1, -0.05) is 22.4 Å². The SMILES string of the molecule is CS(=O)(=O)CCCC1(CBr)CC2CCC1C2. The summed E-state index contributed by atoms with van der Waals surface area (Å²) in [6.45, 7) is 0. The molecular weight excluding hydrogens is 288 g/mol. The van der Waals surface area contributed by atoms with E-state index in [9.17, 15) is 8.42 Å². The molecule has 94 valence electrons. The van der Waals surface area contributed by atoms with E-state index in [1.165, 1.54) is 31.9 Å².